The molecule has 0 amide bonds. The fourth-order valence-electron chi connectivity index (χ4n) is 2.19. The minimum atomic E-state index is -0.211. The monoisotopic (exact) mass is 226 g/mol. The third-order valence-electron chi connectivity index (χ3n) is 2.97. The lowest BCUT2D eigenvalue weighted by atomic mass is 9.78. The van der Waals surface area contributed by atoms with Crippen LogP contribution in [0.3, 0.4) is 0 Å². The molecule has 16 heavy (non-hydrogen) atoms. The summed E-state index contributed by atoms with van der Waals surface area (Å²) < 4.78 is 10.8. The molecule has 92 valence electrons. The maximum Gasteiger partial charge on any atom is 0.312 e. The average Bonchev–Trinajstić information content (AvgIpc) is 2.60. The first-order chi connectivity index (χ1) is 7.41. The predicted octanol–water partition coefficient (Wildman–Crippen LogP) is 2.41. The van der Waals surface area contributed by atoms with Crippen molar-refractivity contribution in [3.63, 3.8) is 0 Å². The maximum absolute atomic E-state index is 11.9. The van der Waals surface area contributed by atoms with Crippen molar-refractivity contribution in [3.05, 3.63) is 12.7 Å². The minimum Gasteiger partial charge on any atom is -0.466 e. The number of carbonyl (C=O) groups excluding carboxylic acids is 1. The van der Waals surface area contributed by atoms with Gasteiger partial charge in [-0.3, -0.25) is 4.79 Å². The summed E-state index contributed by atoms with van der Waals surface area (Å²) in [5.74, 6) is -0.300. The van der Waals surface area contributed by atoms with Gasteiger partial charge in [-0.25, -0.2) is 0 Å². The summed E-state index contributed by atoms with van der Waals surface area (Å²) in [5.41, 5.74) is -0.0603. The molecule has 1 saturated heterocycles. The van der Waals surface area contributed by atoms with Gasteiger partial charge in [0.15, 0.2) is 0 Å². The van der Waals surface area contributed by atoms with Gasteiger partial charge in [0.05, 0.1) is 25.2 Å². The number of carbonyl (C=O) groups is 1. The zero-order valence-electron chi connectivity index (χ0n) is 10.7. The van der Waals surface area contributed by atoms with Gasteiger partial charge in [0.1, 0.15) is 0 Å². The second-order valence-electron chi connectivity index (χ2n) is 5.30. The Labute approximate surface area is 97.8 Å². The normalized spacial score (nSPS) is 30.1. The van der Waals surface area contributed by atoms with Crippen LogP contribution in [0, 0.1) is 17.3 Å². The molecule has 0 spiro atoms. The van der Waals surface area contributed by atoms with E-state index in [1.165, 1.54) is 0 Å². The Hall–Kier alpha value is -0.830. The topological polar surface area (TPSA) is 35.5 Å². The predicted molar refractivity (Wildman–Crippen MR) is 63.0 cm³/mol. The molecule has 1 fully saturated rings. The van der Waals surface area contributed by atoms with Gasteiger partial charge in [-0.2, -0.15) is 0 Å². The number of rotatable bonds is 3. The van der Waals surface area contributed by atoms with E-state index in [9.17, 15) is 4.79 Å². The van der Waals surface area contributed by atoms with Gasteiger partial charge in [-0.1, -0.05) is 26.8 Å². The van der Waals surface area contributed by atoms with Crippen LogP contribution in [0.25, 0.3) is 0 Å². The van der Waals surface area contributed by atoms with Crippen molar-refractivity contribution in [2.45, 2.75) is 33.8 Å². The summed E-state index contributed by atoms with van der Waals surface area (Å²) in [7, 11) is 0. The van der Waals surface area contributed by atoms with E-state index in [1.54, 1.807) is 6.08 Å². The lowest BCUT2D eigenvalue weighted by Crippen LogP contribution is -2.38. The standard InChI is InChI=1S/C13H22O3/c1-6-9-8-16-11(13(3,4)5)10(9)12(14)15-7-2/h6,9-11H,1,7-8H2,2-5H3/t9-,10-,11-/m0/s1. The second kappa shape index (κ2) is 5.00. The van der Waals surface area contributed by atoms with Gasteiger partial charge in [0, 0.05) is 5.92 Å². The largest absolute Gasteiger partial charge is 0.466 e. The van der Waals surface area contributed by atoms with Gasteiger partial charge in [0.25, 0.3) is 0 Å². The van der Waals surface area contributed by atoms with Crippen LogP contribution in [-0.2, 0) is 14.3 Å². The van der Waals surface area contributed by atoms with Crippen molar-refractivity contribution < 1.29 is 14.3 Å². The van der Waals surface area contributed by atoms with E-state index in [1.807, 2.05) is 6.92 Å². The highest BCUT2D eigenvalue weighted by Gasteiger charge is 2.46. The molecule has 1 rings (SSSR count). The highest BCUT2D eigenvalue weighted by molar-refractivity contribution is 5.74. The lowest BCUT2D eigenvalue weighted by Gasteiger charge is -2.30. The summed E-state index contributed by atoms with van der Waals surface area (Å²) in [4.78, 5) is 11.9. The van der Waals surface area contributed by atoms with Gasteiger partial charge in [-0.05, 0) is 12.3 Å². The SMILES string of the molecule is C=C[C@H]1CO[C@H](C(C)(C)C)[C@H]1C(=O)OCC. The van der Waals surface area contributed by atoms with E-state index in [4.69, 9.17) is 9.47 Å². The molecule has 0 radical (unpaired) electrons. The van der Waals surface area contributed by atoms with Gasteiger partial charge in [-0.15, -0.1) is 6.58 Å². The van der Waals surface area contributed by atoms with Gasteiger partial charge in [0.2, 0.25) is 0 Å². The van der Waals surface area contributed by atoms with E-state index in [0.29, 0.717) is 13.2 Å². The van der Waals surface area contributed by atoms with Crippen LogP contribution in [0.15, 0.2) is 12.7 Å². The first kappa shape index (κ1) is 13.2. The van der Waals surface area contributed by atoms with Gasteiger partial charge >= 0.3 is 5.97 Å². The molecule has 1 heterocycles. The number of hydrogen-bond acceptors (Lipinski definition) is 3. The second-order valence-corrected chi connectivity index (χ2v) is 5.30. The summed E-state index contributed by atoms with van der Waals surface area (Å²) >= 11 is 0. The van der Waals surface area contributed by atoms with Crippen LogP contribution in [0.4, 0.5) is 0 Å². The van der Waals surface area contributed by atoms with E-state index in [0.717, 1.165) is 0 Å². The quantitative estimate of drug-likeness (QED) is 0.547. The highest BCUT2D eigenvalue weighted by Crippen LogP contribution is 2.39. The molecule has 0 unspecified atom stereocenters. The average molecular weight is 226 g/mol. The van der Waals surface area contributed by atoms with E-state index in [2.05, 4.69) is 27.4 Å². The third kappa shape index (κ3) is 2.64. The molecule has 3 nitrogen and oxygen atoms in total. The van der Waals surface area contributed by atoms with Crippen LogP contribution in [0.2, 0.25) is 0 Å². The Balaban J connectivity index is 2.86. The molecule has 0 bridgehead atoms. The number of esters is 1. The van der Waals surface area contributed by atoms with E-state index >= 15 is 0 Å². The summed E-state index contributed by atoms with van der Waals surface area (Å²) in [6.45, 7) is 12.8. The molecule has 3 atom stereocenters. The van der Waals surface area contributed by atoms with Crippen LogP contribution >= 0.6 is 0 Å². The van der Waals surface area contributed by atoms with Crippen molar-refractivity contribution >= 4 is 5.97 Å². The Morgan fingerprint density at radius 1 is 1.56 bits per heavy atom. The fourth-order valence-corrected chi connectivity index (χ4v) is 2.19. The van der Waals surface area contributed by atoms with Crippen LogP contribution in [0.1, 0.15) is 27.7 Å². The lowest BCUT2D eigenvalue weighted by molar-refractivity contribution is -0.152. The van der Waals surface area contributed by atoms with Gasteiger partial charge < -0.3 is 9.47 Å². The molecule has 0 aliphatic carbocycles. The molecule has 1 aliphatic rings. The van der Waals surface area contributed by atoms with Crippen LogP contribution in [0.5, 0.6) is 0 Å². The summed E-state index contributed by atoms with van der Waals surface area (Å²) in [6, 6.07) is 0. The number of ether oxygens (including phenoxy) is 2. The Morgan fingerprint density at radius 2 is 2.19 bits per heavy atom. The highest BCUT2D eigenvalue weighted by atomic mass is 16.5. The molecule has 1 aliphatic heterocycles. The Morgan fingerprint density at radius 3 is 2.62 bits per heavy atom. The zero-order chi connectivity index (χ0) is 12.3. The molecule has 0 saturated carbocycles. The molecule has 3 heteroatoms. The van der Waals surface area contributed by atoms with Crippen molar-refractivity contribution in [2.24, 2.45) is 17.3 Å². The molecular formula is C13H22O3. The fraction of sp³-hybridized carbons (Fsp3) is 0.769. The first-order valence-corrected chi connectivity index (χ1v) is 5.82. The first-order valence-electron chi connectivity index (χ1n) is 5.82. The Bertz CT molecular complexity index is 265. The minimum absolute atomic E-state index is 0.0603. The zero-order valence-corrected chi connectivity index (χ0v) is 10.7. The van der Waals surface area contributed by atoms with Crippen molar-refractivity contribution in [1.29, 1.82) is 0 Å². The molecule has 0 aromatic heterocycles. The smallest absolute Gasteiger partial charge is 0.312 e. The molecule has 0 N–H and O–H groups in total. The molecular weight excluding hydrogens is 204 g/mol. The number of hydrogen-bond donors (Lipinski definition) is 0. The van der Waals surface area contributed by atoms with Crippen molar-refractivity contribution in [2.75, 3.05) is 13.2 Å². The van der Waals surface area contributed by atoms with Crippen LogP contribution < -0.4 is 0 Å². The maximum atomic E-state index is 11.9. The third-order valence-corrected chi connectivity index (χ3v) is 2.97. The summed E-state index contributed by atoms with van der Waals surface area (Å²) in [5, 5.41) is 0. The van der Waals surface area contributed by atoms with Crippen LogP contribution in [-0.4, -0.2) is 25.3 Å². The Kier molecular flexibility index (Phi) is 4.14. The van der Waals surface area contributed by atoms with E-state index < -0.39 is 0 Å². The summed E-state index contributed by atoms with van der Waals surface area (Å²) in [6.07, 6.45) is 1.71. The molecule has 0 aromatic rings. The van der Waals surface area contributed by atoms with Crippen molar-refractivity contribution in [3.8, 4) is 0 Å². The molecule has 0 aromatic carbocycles. The van der Waals surface area contributed by atoms with E-state index in [-0.39, 0.29) is 29.3 Å². The van der Waals surface area contributed by atoms with Crippen molar-refractivity contribution in [1.82, 2.24) is 0 Å².